The maximum atomic E-state index is 12.1. The van der Waals surface area contributed by atoms with Crippen LogP contribution in [-0.4, -0.2) is 45.9 Å². The summed E-state index contributed by atoms with van der Waals surface area (Å²) in [5.74, 6) is -0.175. The van der Waals surface area contributed by atoms with E-state index >= 15 is 0 Å². The van der Waals surface area contributed by atoms with Gasteiger partial charge in [-0.1, -0.05) is 0 Å². The van der Waals surface area contributed by atoms with Gasteiger partial charge in [0.1, 0.15) is 6.04 Å². The summed E-state index contributed by atoms with van der Waals surface area (Å²) in [6.45, 7) is 3.08. The van der Waals surface area contributed by atoms with Crippen molar-refractivity contribution in [2.45, 2.75) is 19.1 Å². The molecule has 0 unspecified atom stereocenters. The van der Waals surface area contributed by atoms with Gasteiger partial charge in [0.05, 0.1) is 19.0 Å². The standard InChI is InChI=1S/C13H19N3O4S/c1-9-12(14-7-8-20-9)13(17)15-10-3-5-11(6-4-10)16-21(2,18)19/h3-6,9,12,14,16H,7-8H2,1-2H3,(H,15,17)/t9-,12+/m1/s1. The fraction of sp³-hybridized carbons (Fsp3) is 0.462. The van der Waals surface area contributed by atoms with Crippen LogP contribution in [0.4, 0.5) is 11.4 Å². The van der Waals surface area contributed by atoms with Crippen LogP contribution >= 0.6 is 0 Å². The summed E-state index contributed by atoms with van der Waals surface area (Å²) in [6.07, 6.45) is 0.892. The van der Waals surface area contributed by atoms with Gasteiger partial charge in [-0.2, -0.15) is 0 Å². The zero-order valence-corrected chi connectivity index (χ0v) is 12.7. The molecule has 1 aliphatic rings. The van der Waals surface area contributed by atoms with Gasteiger partial charge < -0.3 is 15.4 Å². The van der Waals surface area contributed by atoms with Gasteiger partial charge >= 0.3 is 0 Å². The molecule has 1 aromatic carbocycles. The molecule has 7 nitrogen and oxygen atoms in total. The van der Waals surface area contributed by atoms with Crippen molar-refractivity contribution in [3.05, 3.63) is 24.3 Å². The number of carbonyl (C=O) groups is 1. The second-order valence-corrected chi connectivity index (χ2v) is 6.70. The number of benzene rings is 1. The van der Waals surface area contributed by atoms with Crippen molar-refractivity contribution >= 4 is 27.3 Å². The number of morpholine rings is 1. The Morgan fingerprint density at radius 2 is 1.90 bits per heavy atom. The fourth-order valence-electron chi connectivity index (χ4n) is 2.08. The molecule has 0 radical (unpaired) electrons. The Morgan fingerprint density at radius 3 is 2.48 bits per heavy atom. The van der Waals surface area contributed by atoms with E-state index in [1.807, 2.05) is 6.92 Å². The van der Waals surface area contributed by atoms with Crippen LogP contribution in [-0.2, 0) is 19.6 Å². The maximum absolute atomic E-state index is 12.1. The normalized spacial score (nSPS) is 22.6. The summed E-state index contributed by atoms with van der Waals surface area (Å²) in [5, 5.41) is 5.88. The molecule has 0 bridgehead atoms. The third kappa shape index (κ3) is 4.69. The molecule has 2 atom stereocenters. The first-order chi connectivity index (χ1) is 9.85. The molecule has 1 saturated heterocycles. The lowest BCUT2D eigenvalue weighted by molar-refractivity contribution is -0.123. The van der Waals surface area contributed by atoms with Crippen molar-refractivity contribution < 1.29 is 17.9 Å². The Balaban J connectivity index is 1.98. The van der Waals surface area contributed by atoms with Crippen LogP contribution in [0.3, 0.4) is 0 Å². The molecule has 0 aliphatic carbocycles. The maximum Gasteiger partial charge on any atom is 0.244 e. The average Bonchev–Trinajstić information content (AvgIpc) is 2.40. The van der Waals surface area contributed by atoms with Crippen LogP contribution in [0.15, 0.2) is 24.3 Å². The number of anilines is 2. The van der Waals surface area contributed by atoms with Gasteiger partial charge in [-0.15, -0.1) is 0 Å². The summed E-state index contributed by atoms with van der Waals surface area (Å²) in [7, 11) is -3.30. The molecule has 2 rings (SSSR count). The van der Waals surface area contributed by atoms with E-state index < -0.39 is 16.1 Å². The van der Waals surface area contributed by atoms with Gasteiger partial charge in [0.25, 0.3) is 0 Å². The molecule has 0 spiro atoms. The van der Waals surface area contributed by atoms with E-state index in [0.717, 1.165) is 6.26 Å². The number of ether oxygens (including phenoxy) is 1. The lowest BCUT2D eigenvalue weighted by atomic mass is 10.1. The topological polar surface area (TPSA) is 96.5 Å². The highest BCUT2D eigenvalue weighted by atomic mass is 32.2. The van der Waals surface area contributed by atoms with E-state index in [1.165, 1.54) is 0 Å². The molecule has 1 fully saturated rings. The van der Waals surface area contributed by atoms with E-state index in [-0.39, 0.29) is 12.0 Å². The smallest absolute Gasteiger partial charge is 0.244 e. The molecule has 0 aromatic heterocycles. The number of amides is 1. The van der Waals surface area contributed by atoms with Crippen LogP contribution < -0.4 is 15.4 Å². The summed E-state index contributed by atoms with van der Waals surface area (Å²) < 4.78 is 30.0. The minimum Gasteiger partial charge on any atom is -0.375 e. The number of nitrogens with one attached hydrogen (secondary N) is 3. The Hall–Kier alpha value is -1.64. The third-order valence-corrected chi connectivity index (χ3v) is 3.66. The Labute approximate surface area is 124 Å². The van der Waals surface area contributed by atoms with Crippen LogP contribution in [0.1, 0.15) is 6.92 Å². The molecule has 3 N–H and O–H groups in total. The summed E-state index contributed by atoms with van der Waals surface area (Å²) >= 11 is 0. The molecule has 0 saturated carbocycles. The van der Waals surface area contributed by atoms with Crippen LogP contribution in [0.25, 0.3) is 0 Å². The zero-order valence-electron chi connectivity index (χ0n) is 11.9. The SMILES string of the molecule is C[C@H]1OCCN[C@@H]1C(=O)Nc1ccc(NS(C)(=O)=O)cc1. The van der Waals surface area contributed by atoms with E-state index in [0.29, 0.717) is 24.5 Å². The number of carbonyl (C=O) groups excluding carboxylic acids is 1. The van der Waals surface area contributed by atoms with Gasteiger partial charge in [-0.25, -0.2) is 8.42 Å². The minimum absolute atomic E-state index is 0.175. The van der Waals surface area contributed by atoms with Gasteiger partial charge in [0, 0.05) is 17.9 Å². The summed E-state index contributed by atoms with van der Waals surface area (Å²) in [6, 6.07) is 6.06. The van der Waals surface area contributed by atoms with Gasteiger partial charge in [0.15, 0.2) is 0 Å². The van der Waals surface area contributed by atoms with Crippen molar-refractivity contribution in [1.29, 1.82) is 0 Å². The van der Waals surface area contributed by atoms with Crippen LogP contribution in [0, 0.1) is 0 Å². The van der Waals surface area contributed by atoms with Crippen molar-refractivity contribution in [2.75, 3.05) is 29.4 Å². The number of hydrogen-bond donors (Lipinski definition) is 3. The molecule has 1 amide bonds. The number of sulfonamides is 1. The Bertz CT molecular complexity index is 600. The first-order valence-corrected chi connectivity index (χ1v) is 8.48. The second-order valence-electron chi connectivity index (χ2n) is 4.95. The molecule has 1 aliphatic heterocycles. The number of hydrogen-bond acceptors (Lipinski definition) is 5. The van der Waals surface area contributed by atoms with Crippen molar-refractivity contribution in [1.82, 2.24) is 5.32 Å². The van der Waals surface area contributed by atoms with Crippen LogP contribution in [0.2, 0.25) is 0 Å². The Kier molecular flexibility index (Phi) is 4.81. The molecule has 1 heterocycles. The fourth-order valence-corrected chi connectivity index (χ4v) is 2.65. The van der Waals surface area contributed by atoms with Crippen molar-refractivity contribution in [2.24, 2.45) is 0 Å². The average molecular weight is 313 g/mol. The van der Waals surface area contributed by atoms with E-state index in [2.05, 4.69) is 15.4 Å². The quantitative estimate of drug-likeness (QED) is 0.746. The second kappa shape index (κ2) is 6.42. The highest BCUT2D eigenvalue weighted by Gasteiger charge is 2.28. The van der Waals surface area contributed by atoms with E-state index in [9.17, 15) is 13.2 Å². The Morgan fingerprint density at radius 1 is 1.29 bits per heavy atom. The highest BCUT2D eigenvalue weighted by Crippen LogP contribution is 2.15. The summed E-state index contributed by atoms with van der Waals surface area (Å²) in [5.41, 5.74) is 1.04. The predicted octanol–water partition coefficient (Wildman–Crippen LogP) is 0.373. The lowest BCUT2D eigenvalue weighted by Gasteiger charge is -2.29. The largest absolute Gasteiger partial charge is 0.375 e. The van der Waals surface area contributed by atoms with E-state index in [1.54, 1.807) is 24.3 Å². The predicted molar refractivity (Wildman–Crippen MR) is 80.7 cm³/mol. The van der Waals surface area contributed by atoms with Gasteiger partial charge in [-0.05, 0) is 31.2 Å². The van der Waals surface area contributed by atoms with E-state index in [4.69, 9.17) is 4.74 Å². The highest BCUT2D eigenvalue weighted by molar-refractivity contribution is 7.92. The first-order valence-electron chi connectivity index (χ1n) is 6.59. The van der Waals surface area contributed by atoms with Crippen molar-refractivity contribution in [3.63, 3.8) is 0 Å². The third-order valence-electron chi connectivity index (χ3n) is 3.05. The molecule has 116 valence electrons. The summed E-state index contributed by atoms with van der Waals surface area (Å²) in [4.78, 5) is 12.1. The molecule has 1 aromatic rings. The molecular weight excluding hydrogens is 294 g/mol. The number of rotatable bonds is 4. The molecular formula is C13H19N3O4S. The first kappa shape index (κ1) is 15.7. The minimum atomic E-state index is -3.30. The lowest BCUT2D eigenvalue weighted by Crippen LogP contribution is -2.53. The van der Waals surface area contributed by atoms with Gasteiger partial charge in [0.2, 0.25) is 15.9 Å². The molecule has 8 heteroatoms. The van der Waals surface area contributed by atoms with Crippen molar-refractivity contribution in [3.8, 4) is 0 Å². The molecule has 21 heavy (non-hydrogen) atoms. The monoisotopic (exact) mass is 313 g/mol. The van der Waals surface area contributed by atoms with Crippen LogP contribution in [0.5, 0.6) is 0 Å². The zero-order chi connectivity index (χ0) is 15.5. The van der Waals surface area contributed by atoms with Gasteiger partial charge in [-0.3, -0.25) is 9.52 Å².